The lowest BCUT2D eigenvalue weighted by Gasteiger charge is -2.19. The smallest absolute Gasteiger partial charge is 0.790 e. The summed E-state index contributed by atoms with van der Waals surface area (Å²) >= 11 is 0. The summed E-state index contributed by atoms with van der Waals surface area (Å²) in [5, 5.41) is 2.75. The van der Waals surface area contributed by atoms with Crippen molar-refractivity contribution < 1.29 is 22.1 Å². The van der Waals surface area contributed by atoms with Gasteiger partial charge in [-0.3, -0.25) is 0 Å². The molecule has 0 bridgehead atoms. The monoisotopic (exact) mass is 143 g/mol. The summed E-state index contributed by atoms with van der Waals surface area (Å²) in [6.45, 7) is 0. The van der Waals surface area contributed by atoms with Crippen LogP contribution < -0.4 is 15.1 Å². The van der Waals surface area contributed by atoms with Gasteiger partial charge in [-0.2, -0.15) is 0 Å². The molecule has 0 heterocycles. The molecule has 5 nitrogen and oxygen atoms in total. The fraction of sp³-hybridized carbons (Fsp3) is 1.00. The minimum Gasteiger partial charge on any atom is -0.790 e. The van der Waals surface area contributed by atoms with E-state index in [0.717, 1.165) is 0 Å². The molecule has 0 amide bonds. The van der Waals surface area contributed by atoms with Gasteiger partial charge in [0.2, 0.25) is 0 Å². The summed E-state index contributed by atoms with van der Waals surface area (Å²) in [4.78, 5) is 24.3. The van der Waals surface area contributed by atoms with E-state index < -0.39 is 7.82 Å². The molecule has 2 N–H and O–H groups in total. The zero-order chi connectivity index (χ0) is 7.21. The Bertz CT molecular complexity index is 77.1. The van der Waals surface area contributed by atoms with Crippen LogP contribution in [0.3, 0.4) is 0 Å². The lowest BCUT2D eigenvalue weighted by atomic mass is 11.3. The van der Waals surface area contributed by atoms with Crippen LogP contribution in [0.25, 0.3) is 0 Å². The molecule has 0 aliphatic carbocycles. The standard InChI is InChI=1S/C2H7N.H3O4P/c1-3-2;1-5(2,3)4/h3H,1-2H3;(H3,1,2,3,4). The molecule has 0 radical (unpaired) electrons. The molecule has 6 heteroatoms. The molecule has 0 unspecified atom stereocenters. The third-order valence-corrected chi connectivity index (χ3v) is 0. The van der Waals surface area contributed by atoms with Crippen LogP contribution in [0.5, 0.6) is 0 Å². The van der Waals surface area contributed by atoms with Crippen molar-refractivity contribution in [1.82, 2.24) is 5.32 Å². The molecule has 8 heavy (non-hydrogen) atoms. The summed E-state index contributed by atoms with van der Waals surface area (Å²) in [5.74, 6) is 0. The van der Waals surface area contributed by atoms with Gasteiger partial charge >= 0.3 is 2.85 Å². The first-order chi connectivity index (χ1) is 3.41. The Morgan fingerprint density at radius 1 is 1.62 bits per heavy atom. The van der Waals surface area contributed by atoms with Crippen LogP contribution in [0.15, 0.2) is 0 Å². The highest BCUT2D eigenvalue weighted by Crippen LogP contribution is 2.11. The van der Waals surface area contributed by atoms with Gasteiger partial charge in [0.1, 0.15) is 0 Å². The van der Waals surface area contributed by atoms with E-state index in [1.165, 1.54) is 0 Å². The third-order valence-electron chi connectivity index (χ3n) is 0. The Morgan fingerprint density at radius 3 is 1.62 bits per heavy atom. The maximum absolute atomic E-state index is 8.66. The largest absolute Gasteiger partial charge is 1.00 e. The van der Waals surface area contributed by atoms with E-state index in [9.17, 15) is 0 Å². The van der Waals surface area contributed by atoms with E-state index in [4.69, 9.17) is 19.2 Å². The number of hydrogen-bond donors (Lipinski definition) is 2. The molecule has 0 aliphatic heterocycles. The van der Waals surface area contributed by atoms with E-state index in [1.807, 2.05) is 14.1 Å². The fourth-order valence-electron chi connectivity index (χ4n) is 0. The Hall–Kier alpha value is 0.0700. The van der Waals surface area contributed by atoms with Crippen molar-refractivity contribution in [1.29, 1.82) is 0 Å². The number of phosphoric acid groups is 1. The summed E-state index contributed by atoms with van der Waals surface area (Å²) in [7, 11) is -1.39. The van der Waals surface area contributed by atoms with Crippen LogP contribution in [-0.2, 0) is 4.57 Å². The Balaban J connectivity index is -0.0000000326. The normalized spacial score (nSPS) is 9.62. The van der Waals surface area contributed by atoms with Gasteiger partial charge in [-0.15, -0.1) is 0 Å². The van der Waals surface area contributed by atoms with Crippen molar-refractivity contribution in [3.63, 3.8) is 0 Å². The molecule has 0 rings (SSSR count). The topological polar surface area (TPSA) is 95.5 Å². The van der Waals surface area contributed by atoms with Gasteiger partial charge in [0.15, 0.2) is 0 Å². The maximum atomic E-state index is 8.66. The second-order valence-corrected chi connectivity index (χ2v) is 1.91. The quantitative estimate of drug-likeness (QED) is 0.377. The molecule has 0 aromatic rings. The van der Waals surface area contributed by atoms with Gasteiger partial charge < -0.3 is 24.6 Å². The molecule has 0 saturated carbocycles. The van der Waals surface area contributed by atoms with Crippen molar-refractivity contribution in [3.05, 3.63) is 0 Å². The predicted molar refractivity (Wildman–Crippen MR) is 27.0 cm³/mol. The maximum Gasteiger partial charge on any atom is 1.00 e. The first kappa shape index (κ1) is 10.9. The van der Waals surface area contributed by atoms with E-state index in [-0.39, 0.29) is 2.85 Å². The van der Waals surface area contributed by atoms with Crippen LogP contribution >= 0.6 is 7.82 Å². The second kappa shape index (κ2) is 5.21. The number of nitrogens with one attached hydrogen (secondary N) is 1. The van der Waals surface area contributed by atoms with Crippen LogP contribution in [0.2, 0.25) is 0 Å². The average Bonchev–Trinajstić information content (AvgIpc) is 1.27. The molecular formula is C2H10NO4P. The molecule has 0 atom stereocenters. The predicted octanol–water partition coefficient (Wildman–Crippen LogP) is -2.13. The summed E-state index contributed by atoms with van der Waals surface area (Å²) in [6.07, 6.45) is 0. The molecule has 0 fully saturated rings. The van der Waals surface area contributed by atoms with Crippen LogP contribution in [0, 0.1) is 0 Å². The first-order valence-corrected chi connectivity index (χ1v) is 3.24. The van der Waals surface area contributed by atoms with Crippen LogP contribution in [0.4, 0.5) is 0 Å². The molecule has 0 aromatic carbocycles. The molecule has 0 saturated heterocycles. The summed E-state index contributed by atoms with van der Waals surface area (Å²) in [5.41, 5.74) is 0. The SMILES string of the molecule is CNC.O=P([O-])([O-])O.[H+].[H+]. The third kappa shape index (κ3) is 31800. The molecule has 0 aliphatic rings. The fourth-order valence-corrected chi connectivity index (χ4v) is 0. The van der Waals surface area contributed by atoms with E-state index in [1.54, 1.807) is 0 Å². The van der Waals surface area contributed by atoms with Gasteiger partial charge in [0.25, 0.3) is 0 Å². The van der Waals surface area contributed by atoms with Crippen molar-refractivity contribution in [3.8, 4) is 0 Å². The van der Waals surface area contributed by atoms with E-state index >= 15 is 0 Å². The van der Waals surface area contributed by atoms with E-state index in [0.29, 0.717) is 0 Å². The van der Waals surface area contributed by atoms with Gasteiger partial charge in [-0.25, -0.2) is 0 Å². The van der Waals surface area contributed by atoms with Gasteiger partial charge in [0.05, 0.1) is 7.82 Å². The lowest BCUT2D eigenvalue weighted by molar-refractivity contribution is -0.337. The van der Waals surface area contributed by atoms with Crippen LogP contribution in [0.1, 0.15) is 2.85 Å². The highest BCUT2D eigenvalue weighted by molar-refractivity contribution is 7.42. The Kier molecular flexibility index (Phi) is 7.13. The Labute approximate surface area is 50.6 Å². The van der Waals surface area contributed by atoms with Crippen molar-refractivity contribution in [2.24, 2.45) is 0 Å². The van der Waals surface area contributed by atoms with Gasteiger partial charge in [-0.1, -0.05) is 0 Å². The second-order valence-electron chi connectivity index (χ2n) is 0.969. The summed E-state index contributed by atoms with van der Waals surface area (Å²) in [6, 6.07) is 0. The van der Waals surface area contributed by atoms with Gasteiger partial charge in [-0.05, 0) is 14.1 Å². The zero-order valence-electron chi connectivity index (χ0n) is 6.62. The van der Waals surface area contributed by atoms with Crippen LogP contribution in [-0.4, -0.2) is 19.0 Å². The van der Waals surface area contributed by atoms with Crippen molar-refractivity contribution in [2.45, 2.75) is 0 Å². The van der Waals surface area contributed by atoms with Crippen molar-refractivity contribution >= 4 is 7.82 Å². The molecule has 0 aromatic heterocycles. The minimum atomic E-state index is -5.14. The Morgan fingerprint density at radius 2 is 1.62 bits per heavy atom. The van der Waals surface area contributed by atoms with Crippen molar-refractivity contribution in [2.75, 3.05) is 14.1 Å². The number of rotatable bonds is 0. The highest BCUT2D eigenvalue weighted by Gasteiger charge is 1.64. The van der Waals surface area contributed by atoms with E-state index in [2.05, 4.69) is 5.32 Å². The molecule has 52 valence electrons. The minimum absolute atomic E-state index is 0. The molecule has 0 spiro atoms. The first-order valence-electron chi connectivity index (χ1n) is 1.75. The van der Waals surface area contributed by atoms with Gasteiger partial charge in [0, 0.05) is 0 Å². The molecular weight excluding hydrogens is 133 g/mol. The average molecular weight is 143 g/mol. The zero-order valence-corrected chi connectivity index (χ0v) is 5.51. The summed E-state index contributed by atoms with van der Waals surface area (Å²) < 4.78 is 8.66. The highest BCUT2D eigenvalue weighted by atomic mass is 31.2. The lowest BCUT2D eigenvalue weighted by Crippen LogP contribution is -2.11. The number of hydrogen-bond acceptors (Lipinski definition) is 4.